The summed E-state index contributed by atoms with van der Waals surface area (Å²) in [5.74, 6) is 0.0769. The molecular weight excluding hydrogens is 297 g/mol. The maximum atomic E-state index is 12.4. The molecule has 1 amide bonds. The molecule has 1 N–H and O–H groups in total. The van der Waals surface area contributed by atoms with Crippen LogP contribution in [0.15, 0.2) is 18.2 Å². The molecule has 2 atom stereocenters. The van der Waals surface area contributed by atoms with E-state index in [1.807, 2.05) is 30.0 Å². The van der Waals surface area contributed by atoms with E-state index in [1.165, 1.54) is 12.8 Å². The lowest BCUT2D eigenvalue weighted by molar-refractivity contribution is 0.0742. The summed E-state index contributed by atoms with van der Waals surface area (Å²) >= 11 is 0. The van der Waals surface area contributed by atoms with E-state index in [1.54, 1.807) is 0 Å². The number of nitrogens with zero attached hydrogens (tertiary/aromatic N) is 2. The minimum atomic E-state index is 0. The molecule has 112 valence electrons. The molecule has 1 aromatic heterocycles. The van der Waals surface area contributed by atoms with Gasteiger partial charge < -0.3 is 10.2 Å². The molecule has 2 aliphatic heterocycles. The summed E-state index contributed by atoms with van der Waals surface area (Å²) in [6.45, 7) is 3.59. The quantitative estimate of drug-likeness (QED) is 0.863. The lowest BCUT2D eigenvalue weighted by atomic mass is 10.1. The van der Waals surface area contributed by atoms with Crippen molar-refractivity contribution in [1.29, 1.82) is 0 Å². The third-order valence-corrected chi connectivity index (χ3v) is 3.92. The van der Waals surface area contributed by atoms with Gasteiger partial charge in [-0.25, -0.2) is 4.98 Å². The molecule has 2 bridgehead atoms. The van der Waals surface area contributed by atoms with Crippen LogP contribution in [0.25, 0.3) is 0 Å². The van der Waals surface area contributed by atoms with Gasteiger partial charge >= 0.3 is 0 Å². The second kappa shape index (κ2) is 7.25. The monoisotopic (exact) mass is 317 g/mol. The van der Waals surface area contributed by atoms with Gasteiger partial charge in [0.1, 0.15) is 5.69 Å². The molecule has 4 nitrogen and oxygen atoms in total. The number of nitrogens with one attached hydrogen (secondary N) is 1. The molecule has 0 radical (unpaired) electrons. The van der Waals surface area contributed by atoms with Crippen molar-refractivity contribution in [2.45, 2.75) is 38.3 Å². The van der Waals surface area contributed by atoms with E-state index in [2.05, 4.69) is 10.3 Å². The molecule has 0 aliphatic carbocycles. The number of pyridine rings is 1. The van der Waals surface area contributed by atoms with Crippen molar-refractivity contribution in [2.24, 2.45) is 0 Å². The third kappa shape index (κ3) is 3.62. The van der Waals surface area contributed by atoms with Crippen molar-refractivity contribution < 1.29 is 4.79 Å². The highest BCUT2D eigenvalue weighted by Gasteiger charge is 2.31. The average molecular weight is 318 g/mol. The molecule has 0 spiro atoms. The molecule has 6 heteroatoms. The number of aromatic nitrogens is 1. The number of carbonyl (C=O) groups is 1. The fourth-order valence-electron chi connectivity index (χ4n) is 2.95. The molecule has 2 fully saturated rings. The minimum absolute atomic E-state index is 0. The molecule has 20 heavy (non-hydrogen) atoms. The normalized spacial score (nSPS) is 24.4. The van der Waals surface area contributed by atoms with E-state index in [9.17, 15) is 4.79 Å². The van der Waals surface area contributed by atoms with Gasteiger partial charge in [0.15, 0.2) is 0 Å². The van der Waals surface area contributed by atoms with Crippen LogP contribution in [0.3, 0.4) is 0 Å². The molecule has 2 unspecified atom stereocenters. The number of amides is 1. The molecule has 0 saturated carbocycles. The summed E-state index contributed by atoms with van der Waals surface area (Å²) in [5, 5.41) is 3.59. The summed E-state index contributed by atoms with van der Waals surface area (Å²) < 4.78 is 0. The molecular formula is C14H21Cl2N3O. The minimum Gasteiger partial charge on any atom is -0.336 e. The number of carbonyl (C=O) groups excluding carboxylic acids is 1. The molecule has 0 aromatic carbocycles. The first-order valence-corrected chi connectivity index (χ1v) is 6.71. The summed E-state index contributed by atoms with van der Waals surface area (Å²) in [7, 11) is 0. The molecule has 2 saturated heterocycles. The SMILES string of the molecule is Cc1cccc(C(=O)N2CCC3CCC(C2)N3)n1.Cl.Cl. The molecule has 1 aromatic rings. The lowest BCUT2D eigenvalue weighted by Gasteiger charge is -2.24. The van der Waals surface area contributed by atoms with Gasteiger partial charge in [0.2, 0.25) is 0 Å². The number of hydrogen-bond donors (Lipinski definition) is 1. The highest BCUT2D eigenvalue weighted by Crippen LogP contribution is 2.21. The van der Waals surface area contributed by atoms with Gasteiger partial charge in [-0.1, -0.05) is 6.07 Å². The standard InChI is InChI=1S/C14H19N3O.2ClH/c1-10-3-2-4-13(15-10)14(18)17-8-7-11-5-6-12(9-17)16-11;;/h2-4,11-12,16H,5-9H2,1H3;2*1H. The van der Waals surface area contributed by atoms with E-state index in [-0.39, 0.29) is 30.7 Å². The van der Waals surface area contributed by atoms with Crippen molar-refractivity contribution in [1.82, 2.24) is 15.2 Å². The van der Waals surface area contributed by atoms with Crippen LogP contribution in [0, 0.1) is 6.92 Å². The van der Waals surface area contributed by atoms with Crippen molar-refractivity contribution in [3.63, 3.8) is 0 Å². The Bertz CT molecular complexity index is 469. The predicted octanol–water partition coefficient (Wildman–Crippen LogP) is 2.20. The maximum absolute atomic E-state index is 12.4. The van der Waals surface area contributed by atoms with Gasteiger partial charge in [-0.2, -0.15) is 0 Å². The lowest BCUT2D eigenvalue weighted by Crippen LogP contribution is -2.39. The Hall–Kier alpha value is -0.840. The maximum Gasteiger partial charge on any atom is 0.272 e. The first kappa shape index (κ1) is 17.2. The fourth-order valence-corrected chi connectivity index (χ4v) is 2.95. The Kier molecular flexibility index (Phi) is 6.24. The van der Waals surface area contributed by atoms with Gasteiger partial charge in [0, 0.05) is 30.9 Å². The predicted molar refractivity (Wildman–Crippen MR) is 83.9 cm³/mol. The van der Waals surface area contributed by atoms with E-state index in [0.717, 1.165) is 25.2 Å². The van der Waals surface area contributed by atoms with Gasteiger partial charge in [-0.15, -0.1) is 24.8 Å². The largest absolute Gasteiger partial charge is 0.336 e. The Balaban J connectivity index is 0.000001000. The average Bonchev–Trinajstić information content (AvgIpc) is 2.68. The second-order valence-corrected chi connectivity index (χ2v) is 5.34. The zero-order chi connectivity index (χ0) is 12.5. The van der Waals surface area contributed by atoms with Crippen molar-refractivity contribution >= 4 is 30.7 Å². The van der Waals surface area contributed by atoms with Gasteiger partial charge in [0.25, 0.3) is 5.91 Å². The number of aryl methyl sites for hydroxylation is 1. The first-order valence-electron chi connectivity index (χ1n) is 6.71. The summed E-state index contributed by atoms with van der Waals surface area (Å²) in [6.07, 6.45) is 3.51. The number of hydrogen-bond acceptors (Lipinski definition) is 3. The summed E-state index contributed by atoms with van der Waals surface area (Å²) in [6, 6.07) is 6.72. The number of halogens is 2. The Morgan fingerprint density at radius 2 is 2.00 bits per heavy atom. The summed E-state index contributed by atoms with van der Waals surface area (Å²) in [4.78, 5) is 18.7. The zero-order valence-corrected chi connectivity index (χ0v) is 13.2. The molecule has 3 rings (SSSR count). The van der Waals surface area contributed by atoms with E-state index in [0.29, 0.717) is 17.8 Å². The van der Waals surface area contributed by atoms with Crippen LogP contribution in [0.2, 0.25) is 0 Å². The van der Waals surface area contributed by atoms with E-state index >= 15 is 0 Å². The van der Waals surface area contributed by atoms with Crippen LogP contribution < -0.4 is 5.32 Å². The van der Waals surface area contributed by atoms with Crippen LogP contribution in [-0.4, -0.2) is 41.0 Å². The van der Waals surface area contributed by atoms with Gasteiger partial charge in [-0.05, 0) is 38.3 Å². The van der Waals surface area contributed by atoms with Crippen LogP contribution in [0.4, 0.5) is 0 Å². The van der Waals surface area contributed by atoms with Gasteiger partial charge in [0.05, 0.1) is 0 Å². The van der Waals surface area contributed by atoms with Crippen molar-refractivity contribution in [2.75, 3.05) is 13.1 Å². The van der Waals surface area contributed by atoms with Crippen LogP contribution in [0.1, 0.15) is 35.4 Å². The van der Waals surface area contributed by atoms with Gasteiger partial charge in [-0.3, -0.25) is 4.79 Å². The van der Waals surface area contributed by atoms with Crippen LogP contribution >= 0.6 is 24.8 Å². The van der Waals surface area contributed by atoms with Crippen molar-refractivity contribution in [3.8, 4) is 0 Å². The molecule has 2 aliphatic rings. The van der Waals surface area contributed by atoms with Crippen LogP contribution in [-0.2, 0) is 0 Å². The zero-order valence-electron chi connectivity index (χ0n) is 11.5. The van der Waals surface area contributed by atoms with Crippen LogP contribution in [0.5, 0.6) is 0 Å². The highest BCUT2D eigenvalue weighted by molar-refractivity contribution is 5.92. The van der Waals surface area contributed by atoms with E-state index < -0.39 is 0 Å². The third-order valence-electron chi connectivity index (χ3n) is 3.92. The number of rotatable bonds is 1. The van der Waals surface area contributed by atoms with E-state index in [4.69, 9.17) is 0 Å². The smallest absolute Gasteiger partial charge is 0.272 e. The highest BCUT2D eigenvalue weighted by atomic mass is 35.5. The Labute approximate surface area is 132 Å². The number of likely N-dealkylation sites (tertiary alicyclic amines) is 1. The van der Waals surface area contributed by atoms with Crippen molar-refractivity contribution in [3.05, 3.63) is 29.6 Å². The Morgan fingerprint density at radius 1 is 1.25 bits per heavy atom. The topological polar surface area (TPSA) is 45.2 Å². The summed E-state index contributed by atoms with van der Waals surface area (Å²) in [5.41, 5.74) is 1.48. The fraction of sp³-hybridized carbons (Fsp3) is 0.571. The number of fused-ring (bicyclic) bond motifs is 2. The first-order chi connectivity index (χ1) is 8.72. The Morgan fingerprint density at radius 3 is 2.75 bits per heavy atom. The second-order valence-electron chi connectivity index (χ2n) is 5.34. The molecule has 3 heterocycles.